The Morgan fingerprint density at radius 2 is 1.42 bits per heavy atom. The third kappa shape index (κ3) is 3.21. The molecule has 0 fully saturated rings. The van der Waals surface area contributed by atoms with Gasteiger partial charge in [0.25, 0.3) is 0 Å². The normalized spacial score (nSPS) is 13.0. The Balaban J connectivity index is 1.56. The van der Waals surface area contributed by atoms with Gasteiger partial charge in [0.1, 0.15) is 0 Å². The largest absolute Gasteiger partial charge is 0.363 e. The highest BCUT2D eigenvalue weighted by Crippen LogP contribution is 2.33. The molecule has 1 aliphatic heterocycles. The molecule has 0 spiro atoms. The molecule has 0 aliphatic carbocycles. The molecule has 4 rings (SSSR count). The number of benzene rings is 3. The van der Waals surface area contributed by atoms with E-state index in [2.05, 4.69) is 40.5 Å². The minimum absolute atomic E-state index is 0.667. The van der Waals surface area contributed by atoms with Gasteiger partial charge in [-0.3, -0.25) is 0 Å². The maximum atomic E-state index is 6.13. The molecule has 0 bridgehead atoms. The van der Waals surface area contributed by atoms with Crippen LogP contribution < -0.4 is 10.2 Å². The van der Waals surface area contributed by atoms with Crippen molar-refractivity contribution in [2.75, 3.05) is 10.2 Å². The zero-order valence-corrected chi connectivity index (χ0v) is 14.5. The van der Waals surface area contributed by atoms with E-state index in [1.54, 1.807) is 6.07 Å². The molecular weight excluding hydrogens is 339 g/mol. The summed E-state index contributed by atoms with van der Waals surface area (Å²) in [5.74, 6) is 0. The van der Waals surface area contributed by atoms with Gasteiger partial charge in [-0.25, -0.2) is 0 Å². The summed E-state index contributed by atoms with van der Waals surface area (Å²) in [6.45, 7) is 1.73. The number of nitrogens with zero attached hydrogens (tertiary/aromatic N) is 1. The third-order valence-electron chi connectivity index (χ3n) is 4.20. The second kappa shape index (κ2) is 6.39. The van der Waals surface area contributed by atoms with Gasteiger partial charge in [-0.2, -0.15) is 0 Å². The van der Waals surface area contributed by atoms with Gasteiger partial charge in [0.15, 0.2) is 0 Å². The van der Waals surface area contributed by atoms with Crippen LogP contribution in [0, 0.1) is 0 Å². The van der Waals surface area contributed by atoms with Crippen molar-refractivity contribution in [3.8, 4) is 0 Å². The van der Waals surface area contributed by atoms with Crippen molar-refractivity contribution in [2.45, 2.75) is 13.1 Å². The van der Waals surface area contributed by atoms with E-state index in [-0.39, 0.29) is 0 Å². The zero-order valence-electron chi connectivity index (χ0n) is 13.0. The van der Waals surface area contributed by atoms with Gasteiger partial charge in [-0.15, -0.1) is 0 Å². The Morgan fingerprint density at radius 3 is 2.17 bits per heavy atom. The molecule has 1 heterocycles. The molecule has 120 valence electrons. The summed E-state index contributed by atoms with van der Waals surface area (Å²) in [7, 11) is 0. The summed E-state index contributed by atoms with van der Waals surface area (Å²) < 4.78 is 0. The van der Waals surface area contributed by atoms with Crippen LogP contribution in [-0.4, -0.2) is 0 Å². The topological polar surface area (TPSA) is 15.3 Å². The number of hydrogen-bond acceptors (Lipinski definition) is 2. The van der Waals surface area contributed by atoms with Gasteiger partial charge >= 0.3 is 0 Å². The second-order valence-electron chi connectivity index (χ2n) is 5.96. The molecule has 0 unspecified atom stereocenters. The lowest BCUT2D eigenvalue weighted by Crippen LogP contribution is -2.14. The maximum absolute atomic E-state index is 6.13. The van der Waals surface area contributed by atoms with Gasteiger partial charge in [0.05, 0.1) is 0 Å². The van der Waals surface area contributed by atoms with Gasteiger partial charge in [-0.05, 0) is 53.6 Å². The predicted octanol–water partition coefficient (Wildman–Crippen LogP) is 6.26. The number of hydrogen-bond donors (Lipinski definition) is 1. The fourth-order valence-corrected chi connectivity index (χ4v) is 3.58. The van der Waals surface area contributed by atoms with Crippen LogP contribution in [0.4, 0.5) is 17.1 Å². The summed E-state index contributed by atoms with van der Waals surface area (Å²) >= 11 is 12.3. The van der Waals surface area contributed by atoms with Crippen molar-refractivity contribution >= 4 is 40.3 Å². The standard InChI is InChI=1S/C20H16Cl2N2/c21-16-9-17(22)11-20(10-16)24-12-14-6-7-19(8-15(14)13-24)23-18-4-2-1-3-5-18/h1-11,23H,12-13H2. The van der Waals surface area contributed by atoms with Crippen LogP contribution >= 0.6 is 23.2 Å². The Hall–Kier alpha value is -2.16. The third-order valence-corrected chi connectivity index (χ3v) is 4.64. The average molecular weight is 355 g/mol. The van der Waals surface area contributed by atoms with E-state index >= 15 is 0 Å². The lowest BCUT2D eigenvalue weighted by atomic mass is 10.1. The molecule has 4 heteroatoms. The van der Waals surface area contributed by atoms with E-state index in [4.69, 9.17) is 23.2 Å². The van der Waals surface area contributed by atoms with Crippen LogP contribution in [-0.2, 0) is 13.1 Å². The lowest BCUT2D eigenvalue weighted by Gasteiger charge is -2.18. The number of rotatable bonds is 3. The number of para-hydroxylation sites is 1. The fraction of sp³-hybridized carbons (Fsp3) is 0.100. The monoisotopic (exact) mass is 354 g/mol. The number of nitrogens with one attached hydrogen (secondary N) is 1. The minimum Gasteiger partial charge on any atom is -0.363 e. The predicted molar refractivity (Wildman–Crippen MR) is 103 cm³/mol. The number of fused-ring (bicyclic) bond motifs is 1. The van der Waals surface area contributed by atoms with Crippen LogP contribution in [0.5, 0.6) is 0 Å². The summed E-state index contributed by atoms with van der Waals surface area (Å²) in [4.78, 5) is 2.29. The van der Waals surface area contributed by atoms with Crippen molar-refractivity contribution in [1.82, 2.24) is 0 Å². The molecule has 24 heavy (non-hydrogen) atoms. The smallest absolute Gasteiger partial charge is 0.0441 e. The molecule has 0 saturated carbocycles. The molecule has 0 amide bonds. The molecule has 1 N–H and O–H groups in total. The van der Waals surface area contributed by atoms with E-state index < -0.39 is 0 Å². The van der Waals surface area contributed by atoms with Crippen LogP contribution in [0.2, 0.25) is 10.0 Å². The molecule has 0 radical (unpaired) electrons. The van der Waals surface area contributed by atoms with E-state index in [1.807, 2.05) is 30.3 Å². The first-order valence-corrected chi connectivity index (χ1v) is 8.58. The van der Waals surface area contributed by atoms with Crippen molar-refractivity contribution in [3.05, 3.63) is 87.9 Å². The SMILES string of the molecule is Clc1cc(Cl)cc(N2Cc3ccc(Nc4ccccc4)cc3C2)c1. The van der Waals surface area contributed by atoms with E-state index in [0.29, 0.717) is 10.0 Å². The minimum atomic E-state index is 0.667. The first-order chi connectivity index (χ1) is 11.7. The summed E-state index contributed by atoms with van der Waals surface area (Å²) in [6, 6.07) is 22.4. The summed E-state index contributed by atoms with van der Waals surface area (Å²) in [5, 5.41) is 4.78. The number of halogens is 2. The first-order valence-electron chi connectivity index (χ1n) is 7.82. The van der Waals surface area contributed by atoms with Crippen LogP contribution in [0.3, 0.4) is 0 Å². The Labute approximate surface area is 151 Å². The highest BCUT2D eigenvalue weighted by molar-refractivity contribution is 6.35. The maximum Gasteiger partial charge on any atom is 0.0441 e. The zero-order chi connectivity index (χ0) is 16.5. The summed E-state index contributed by atoms with van der Waals surface area (Å²) in [6.07, 6.45) is 0. The van der Waals surface area contributed by atoms with Crippen molar-refractivity contribution in [2.24, 2.45) is 0 Å². The van der Waals surface area contributed by atoms with E-state index in [9.17, 15) is 0 Å². The van der Waals surface area contributed by atoms with E-state index in [1.165, 1.54) is 11.1 Å². The molecule has 2 nitrogen and oxygen atoms in total. The summed E-state index contributed by atoms with van der Waals surface area (Å²) in [5.41, 5.74) is 5.91. The molecule has 1 aliphatic rings. The highest BCUT2D eigenvalue weighted by Gasteiger charge is 2.20. The van der Waals surface area contributed by atoms with Gasteiger partial charge < -0.3 is 10.2 Å². The average Bonchev–Trinajstić information content (AvgIpc) is 2.98. The van der Waals surface area contributed by atoms with Crippen LogP contribution in [0.15, 0.2) is 66.7 Å². The van der Waals surface area contributed by atoms with E-state index in [0.717, 1.165) is 30.2 Å². The quantitative estimate of drug-likeness (QED) is 0.597. The fourth-order valence-electron chi connectivity index (χ4n) is 3.06. The molecule has 3 aromatic carbocycles. The molecule has 0 aromatic heterocycles. The Bertz CT molecular complexity index is 858. The second-order valence-corrected chi connectivity index (χ2v) is 6.83. The molecular formula is C20H16Cl2N2. The first kappa shape index (κ1) is 15.4. The van der Waals surface area contributed by atoms with Crippen molar-refractivity contribution < 1.29 is 0 Å². The molecule has 0 saturated heterocycles. The van der Waals surface area contributed by atoms with Gasteiger partial charge in [0, 0.05) is 40.2 Å². The van der Waals surface area contributed by atoms with Crippen molar-refractivity contribution in [3.63, 3.8) is 0 Å². The Morgan fingerprint density at radius 1 is 0.708 bits per heavy atom. The Kier molecular flexibility index (Phi) is 4.09. The highest BCUT2D eigenvalue weighted by atomic mass is 35.5. The molecule has 3 aromatic rings. The van der Waals surface area contributed by atoms with Gasteiger partial charge in [0.2, 0.25) is 0 Å². The molecule has 0 atom stereocenters. The van der Waals surface area contributed by atoms with Gasteiger partial charge in [-0.1, -0.05) is 47.5 Å². The van der Waals surface area contributed by atoms with Crippen molar-refractivity contribution in [1.29, 1.82) is 0 Å². The number of anilines is 3. The van der Waals surface area contributed by atoms with Crippen LogP contribution in [0.25, 0.3) is 0 Å². The van der Waals surface area contributed by atoms with Crippen LogP contribution in [0.1, 0.15) is 11.1 Å². The lowest BCUT2D eigenvalue weighted by molar-refractivity contribution is 0.881.